The third-order valence-corrected chi connectivity index (χ3v) is 6.86. The van der Waals surface area contributed by atoms with Gasteiger partial charge in [0.15, 0.2) is 0 Å². The molecule has 2 saturated carbocycles. The van der Waals surface area contributed by atoms with Gasteiger partial charge in [-0.3, -0.25) is 4.79 Å². The summed E-state index contributed by atoms with van der Waals surface area (Å²) in [6, 6.07) is 8.75. The molecular weight excluding hydrogens is 374 g/mol. The van der Waals surface area contributed by atoms with Crippen LogP contribution in [0.4, 0.5) is 0 Å². The lowest BCUT2D eigenvalue weighted by atomic mass is 9.95. The molecule has 0 unspecified atom stereocenters. The minimum Gasteiger partial charge on any atom is -0.472 e. The number of carbonyl (C=O) groups excluding carboxylic acids is 1. The Hall–Kier alpha value is -2.56. The van der Waals surface area contributed by atoms with E-state index in [9.17, 15) is 4.79 Å². The molecule has 3 aromatic rings. The van der Waals surface area contributed by atoms with E-state index in [1.807, 2.05) is 18.2 Å². The molecule has 5 heteroatoms. The van der Waals surface area contributed by atoms with Crippen molar-refractivity contribution in [2.75, 3.05) is 0 Å². The van der Waals surface area contributed by atoms with Crippen molar-refractivity contribution < 1.29 is 9.21 Å². The normalized spacial score (nSPS) is 19.1. The SMILES string of the molecule is O=C(NC1CCCCCC1)c1ccc2c(c1)nc(-c1ccoc1)n2C1CCCCC1. The number of aromatic nitrogens is 2. The molecule has 0 spiro atoms. The van der Waals surface area contributed by atoms with Crippen LogP contribution in [0.25, 0.3) is 22.4 Å². The first-order chi connectivity index (χ1) is 14.8. The van der Waals surface area contributed by atoms with Crippen molar-refractivity contribution in [1.29, 1.82) is 0 Å². The van der Waals surface area contributed by atoms with Crippen molar-refractivity contribution in [2.45, 2.75) is 82.7 Å². The van der Waals surface area contributed by atoms with E-state index in [4.69, 9.17) is 9.40 Å². The number of amides is 1. The van der Waals surface area contributed by atoms with Crippen LogP contribution in [0.15, 0.2) is 41.2 Å². The lowest BCUT2D eigenvalue weighted by Crippen LogP contribution is -2.34. The molecule has 2 aliphatic carbocycles. The van der Waals surface area contributed by atoms with E-state index in [0.29, 0.717) is 17.6 Å². The van der Waals surface area contributed by atoms with Crippen LogP contribution in [0, 0.1) is 0 Å². The Morgan fingerprint density at radius 2 is 1.70 bits per heavy atom. The minimum atomic E-state index is 0.0286. The average molecular weight is 406 g/mol. The summed E-state index contributed by atoms with van der Waals surface area (Å²) in [7, 11) is 0. The molecule has 1 aromatic carbocycles. The van der Waals surface area contributed by atoms with Gasteiger partial charge in [-0.05, 0) is 49.9 Å². The van der Waals surface area contributed by atoms with E-state index < -0.39 is 0 Å². The molecule has 0 saturated heterocycles. The molecule has 2 fully saturated rings. The van der Waals surface area contributed by atoms with Crippen LogP contribution < -0.4 is 5.32 Å². The van der Waals surface area contributed by atoms with Crippen molar-refractivity contribution in [2.24, 2.45) is 0 Å². The molecule has 5 rings (SSSR count). The number of rotatable bonds is 4. The zero-order valence-electron chi connectivity index (χ0n) is 17.6. The van der Waals surface area contributed by atoms with Gasteiger partial charge in [0, 0.05) is 17.6 Å². The number of furan rings is 1. The first-order valence-electron chi connectivity index (χ1n) is 11.6. The van der Waals surface area contributed by atoms with Gasteiger partial charge in [-0.15, -0.1) is 0 Å². The molecule has 5 nitrogen and oxygen atoms in total. The summed E-state index contributed by atoms with van der Waals surface area (Å²) in [6.45, 7) is 0. The number of carbonyl (C=O) groups is 1. The summed E-state index contributed by atoms with van der Waals surface area (Å²) in [6.07, 6.45) is 16.8. The topological polar surface area (TPSA) is 60.1 Å². The second kappa shape index (κ2) is 8.66. The van der Waals surface area contributed by atoms with Crippen molar-refractivity contribution >= 4 is 16.9 Å². The van der Waals surface area contributed by atoms with E-state index in [1.165, 1.54) is 57.8 Å². The number of hydrogen-bond donors (Lipinski definition) is 1. The van der Waals surface area contributed by atoms with E-state index in [-0.39, 0.29) is 5.91 Å². The molecule has 2 aliphatic rings. The standard InChI is InChI=1S/C25H31N3O2/c29-25(26-20-8-4-1-2-5-9-20)18-12-13-23-22(16-18)27-24(19-14-15-30-17-19)28(23)21-10-6-3-7-11-21/h12-17,20-21H,1-11H2,(H,26,29). The molecule has 0 bridgehead atoms. The second-order valence-corrected chi connectivity index (χ2v) is 8.97. The van der Waals surface area contributed by atoms with Gasteiger partial charge in [0.25, 0.3) is 5.91 Å². The van der Waals surface area contributed by atoms with E-state index in [1.54, 1.807) is 12.5 Å². The third kappa shape index (κ3) is 3.90. The summed E-state index contributed by atoms with van der Waals surface area (Å²) in [4.78, 5) is 17.9. The lowest BCUT2D eigenvalue weighted by Gasteiger charge is -2.25. The smallest absolute Gasteiger partial charge is 0.251 e. The van der Waals surface area contributed by atoms with Crippen molar-refractivity contribution in [3.63, 3.8) is 0 Å². The first-order valence-corrected chi connectivity index (χ1v) is 11.6. The lowest BCUT2D eigenvalue weighted by molar-refractivity contribution is 0.0933. The summed E-state index contributed by atoms with van der Waals surface area (Å²) in [5.41, 5.74) is 3.72. The van der Waals surface area contributed by atoms with Gasteiger partial charge in [-0.1, -0.05) is 44.9 Å². The van der Waals surface area contributed by atoms with Crippen molar-refractivity contribution in [3.05, 3.63) is 42.4 Å². The fourth-order valence-electron chi connectivity index (χ4n) is 5.24. The number of hydrogen-bond acceptors (Lipinski definition) is 3. The molecule has 0 atom stereocenters. The molecule has 30 heavy (non-hydrogen) atoms. The molecule has 0 radical (unpaired) electrons. The van der Waals surface area contributed by atoms with Gasteiger partial charge in [-0.25, -0.2) is 4.98 Å². The van der Waals surface area contributed by atoms with Gasteiger partial charge in [0.1, 0.15) is 12.1 Å². The van der Waals surface area contributed by atoms with Crippen molar-refractivity contribution in [3.8, 4) is 11.4 Å². The van der Waals surface area contributed by atoms with Crippen LogP contribution in [-0.2, 0) is 0 Å². The van der Waals surface area contributed by atoms with Crippen LogP contribution in [0.5, 0.6) is 0 Å². The summed E-state index contributed by atoms with van der Waals surface area (Å²) in [5.74, 6) is 0.979. The Bertz CT molecular complexity index is 991. The van der Waals surface area contributed by atoms with E-state index in [0.717, 1.165) is 35.3 Å². The fraction of sp³-hybridized carbons (Fsp3) is 0.520. The Balaban J connectivity index is 1.47. The second-order valence-electron chi connectivity index (χ2n) is 8.97. The maximum absolute atomic E-state index is 12.9. The highest BCUT2D eigenvalue weighted by Gasteiger charge is 2.24. The number of nitrogens with one attached hydrogen (secondary N) is 1. The Morgan fingerprint density at radius 3 is 2.43 bits per heavy atom. The number of imidazole rings is 1. The Labute approximate surface area is 177 Å². The van der Waals surface area contributed by atoms with Crippen LogP contribution >= 0.6 is 0 Å². The van der Waals surface area contributed by atoms with Crippen molar-refractivity contribution in [1.82, 2.24) is 14.9 Å². The number of nitrogens with zero attached hydrogens (tertiary/aromatic N) is 2. The summed E-state index contributed by atoms with van der Waals surface area (Å²) < 4.78 is 7.73. The fourth-order valence-corrected chi connectivity index (χ4v) is 5.24. The predicted molar refractivity (Wildman–Crippen MR) is 119 cm³/mol. The summed E-state index contributed by atoms with van der Waals surface area (Å²) in [5, 5.41) is 3.26. The van der Waals surface area contributed by atoms with Crippen LogP contribution in [-0.4, -0.2) is 21.5 Å². The maximum Gasteiger partial charge on any atom is 0.251 e. The minimum absolute atomic E-state index is 0.0286. The molecule has 2 heterocycles. The number of benzene rings is 1. The highest BCUT2D eigenvalue weighted by molar-refractivity contribution is 5.98. The maximum atomic E-state index is 12.9. The predicted octanol–water partition coefficient (Wildman–Crippen LogP) is 6.25. The monoisotopic (exact) mass is 405 g/mol. The van der Waals surface area contributed by atoms with Gasteiger partial charge >= 0.3 is 0 Å². The average Bonchev–Trinajstić information content (AvgIpc) is 3.36. The van der Waals surface area contributed by atoms with Crippen LogP contribution in [0.1, 0.15) is 87.0 Å². The van der Waals surface area contributed by atoms with Gasteiger partial charge in [0.2, 0.25) is 0 Å². The Kier molecular flexibility index (Phi) is 5.60. The quantitative estimate of drug-likeness (QED) is 0.522. The highest BCUT2D eigenvalue weighted by Crippen LogP contribution is 2.36. The number of fused-ring (bicyclic) bond motifs is 1. The molecule has 2 aromatic heterocycles. The zero-order valence-corrected chi connectivity index (χ0v) is 17.6. The Morgan fingerprint density at radius 1 is 0.967 bits per heavy atom. The van der Waals surface area contributed by atoms with Gasteiger partial charge < -0.3 is 14.3 Å². The molecule has 1 amide bonds. The largest absolute Gasteiger partial charge is 0.472 e. The molecule has 158 valence electrons. The van der Waals surface area contributed by atoms with Crippen LogP contribution in [0.3, 0.4) is 0 Å². The van der Waals surface area contributed by atoms with Gasteiger partial charge in [0.05, 0.1) is 22.9 Å². The summed E-state index contributed by atoms with van der Waals surface area (Å²) >= 11 is 0. The van der Waals surface area contributed by atoms with Gasteiger partial charge in [-0.2, -0.15) is 0 Å². The highest BCUT2D eigenvalue weighted by atomic mass is 16.3. The first kappa shape index (κ1) is 19.4. The van der Waals surface area contributed by atoms with E-state index in [2.05, 4.69) is 16.0 Å². The zero-order chi connectivity index (χ0) is 20.3. The molecule has 1 N–H and O–H groups in total. The third-order valence-electron chi connectivity index (χ3n) is 6.86. The van der Waals surface area contributed by atoms with E-state index >= 15 is 0 Å². The molecular formula is C25H31N3O2. The molecule has 0 aliphatic heterocycles. The van der Waals surface area contributed by atoms with Crippen LogP contribution in [0.2, 0.25) is 0 Å².